The second kappa shape index (κ2) is 9.35. The van der Waals surface area contributed by atoms with Gasteiger partial charge in [-0.1, -0.05) is 23.7 Å². The first-order valence-corrected chi connectivity index (χ1v) is 9.24. The van der Waals surface area contributed by atoms with Crippen LogP contribution in [0.15, 0.2) is 29.6 Å². The van der Waals surface area contributed by atoms with E-state index < -0.39 is 11.9 Å². The zero-order chi connectivity index (χ0) is 19.1. The summed E-state index contributed by atoms with van der Waals surface area (Å²) >= 11 is 7.12. The number of thiophene rings is 1. The first kappa shape index (κ1) is 19.9. The van der Waals surface area contributed by atoms with E-state index in [9.17, 15) is 14.4 Å². The van der Waals surface area contributed by atoms with E-state index in [4.69, 9.17) is 21.4 Å². The van der Waals surface area contributed by atoms with Gasteiger partial charge in [0.05, 0.1) is 6.61 Å². The first-order chi connectivity index (χ1) is 12.4. The van der Waals surface area contributed by atoms with Crippen LogP contribution in [0.4, 0.5) is 5.00 Å². The molecule has 0 atom stereocenters. The minimum absolute atomic E-state index is 0.0583. The van der Waals surface area contributed by atoms with Gasteiger partial charge in [-0.3, -0.25) is 9.59 Å². The lowest BCUT2D eigenvalue weighted by Gasteiger charge is -2.09. The number of esters is 1. The van der Waals surface area contributed by atoms with E-state index in [1.807, 2.05) is 0 Å². The van der Waals surface area contributed by atoms with Crippen LogP contribution in [0.1, 0.15) is 36.5 Å². The third-order valence-electron chi connectivity index (χ3n) is 3.47. The Hall–Kier alpha value is -2.38. The zero-order valence-corrected chi connectivity index (χ0v) is 15.7. The van der Waals surface area contributed by atoms with Crippen molar-refractivity contribution in [2.45, 2.75) is 26.2 Å². The number of hydrogen-bond donors (Lipinski definition) is 2. The molecule has 0 saturated carbocycles. The number of aliphatic carboxylic acids is 1. The van der Waals surface area contributed by atoms with Crippen LogP contribution >= 0.6 is 22.9 Å². The van der Waals surface area contributed by atoms with E-state index in [2.05, 4.69) is 5.32 Å². The van der Waals surface area contributed by atoms with Crippen molar-refractivity contribution in [3.8, 4) is 11.1 Å². The van der Waals surface area contributed by atoms with Crippen molar-refractivity contribution < 1.29 is 24.2 Å². The van der Waals surface area contributed by atoms with E-state index in [0.29, 0.717) is 15.6 Å². The molecule has 0 spiro atoms. The molecule has 0 bridgehead atoms. The van der Waals surface area contributed by atoms with Crippen LogP contribution in [0.25, 0.3) is 11.1 Å². The van der Waals surface area contributed by atoms with Gasteiger partial charge in [-0.15, -0.1) is 11.3 Å². The average molecular weight is 396 g/mol. The Morgan fingerprint density at radius 1 is 1.19 bits per heavy atom. The molecule has 1 aromatic heterocycles. The van der Waals surface area contributed by atoms with E-state index in [1.165, 1.54) is 11.3 Å². The summed E-state index contributed by atoms with van der Waals surface area (Å²) in [6.45, 7) is 1.91. The summed E-state index contributed by atoms with van der Waals surface area (Å²) in [7, 11) is 0. The number of nitrogens with one attached hydrogen (secondary N) is 1. The Labute approximate surface area is 159 Å². The molecule has 8 heteroatoms. The van der Waals surface area contributed by atoms with Crippen LogP contribution in [0.3, 0.4) is 0 Å². The van der Waals surface area contributed by atoms with Crippen molar-refractivity contribution in [2.75, 3.05) is 11.9 Å². The predicted octanol–water partition coefficient (Wildman–Crippen LogP) is 4.44. The number of carbonyl (C=O) groups excluding carboxylic acids is 2. The van der Waals surface area contributed by atoms with Gasteiger partial charge in [-0.05, 0) is 31.0 Å². The van der Waals surface area contributed by atoms with Crippen LogP contribution in [-0.2, 0) is 14.3 Å². The highest BCUT2D eigenvalue weighted by molar-refractivity contribution is 7.15. The Balaban J connectivity index is 2.25. The molecule has 0 aliphatic carbocycles. The summed E-state index contributed by atoms with van der Waals surface area (Å²) in [6, 6.07) is 7.00. The molecular formula is C18H18ClNO5S. The van der Waals surface area contributed by atoms with Crippen molar-refractivity contribution in [1.82, 2.24) is 0 Å². The van der Waals surface area contributed by atoms with Gasteiger partial charge >= 0.3 is 11.9 Å². The fourth-order valence-electron chi connectivity index (χ4n) is 2.29. The van der Waals surface area contributed by atoms with Gasteiger partial charge in [0.2, 0.25) is 5.91 Å². The molecular weight excluding hydrogens is 378 g/mol. The van der Waals surface area contributed by atoms with Gasteiger partial charge in [0.1, 0.15) is 10.6 Å². The highest BCUT2D eigenvalue weighted by atomic mass is 35.5. The lowest BCUT2D eigenvalue weighted by Crippen LogP contribution is -2.14. The Morgan fingerprint density at radius 2 is 1.88 bits per heavy atom. The Kier molecular flexibility index (Phi) is 7.17. The summed E-state index contributed by atoms with van der Waals surface area (Å²) in [6.07, 6.45) is 0.201. The van der Waals surface area contributed by atoms with Gasteiger partial charge in [-0.25, -0.2) is 4.79 Å². The van der Waals surface area contributed by atoms with E-state index in [0.717, 1.165) is 5.56 Å². The molecule has 1 aromatic carbocycles. The van der Waals surface area contributed by atoms with E-state index in [-0.39, 0.29) is 37.3 Å². The van der Waals surface area contributed by atoms with Gasteiger partial charge in [0, 0.05) is 28.8 Å². The quantitative estimate of drug-likeness (QED) is 0.644. The van der Waals surface area contributed by atoms with Crippen molar-refractivity contribution in [3.63, 3.8) is 0 Å². The lowest BCUT2D eigenvalue weighted by molar-refractivity contribution is -0.137. The third kappa shape index (κ3) is 5.31. The molecule has 0 saturated heterocycles. The zero-order valence-electron chi connectivity index (χ0n) is 14.1. The number of halogens is 1. The molecule has 0 unspecified atom stereocenters. The maximum absolute atomic E-state index is 12.4. The van der Waals surface area contributed by atoms with Gasteiger partial charge in [-0.2, -0.15) is 0 Å². The summed E-state index contributed by atoms with van der Waals surface area (Å²) in [5, 5.41) is 14.1. The number of rotatable bonds is 8. The highest BCUT2D eigenvalue weighted by Crippen LogP contribution is 2.36. The Morgan fingerprint density at radius 3 is 2.50 bits per heavy atom. The maximum atomic E-state index is 12.4. The first-order valence-electron chi connectivity index (χ1n) is 7.98. The minimum Gasteiger partial charge on any atom is -0.481 e. The molecule has 26 heavy (non-hydrogen) atoms. The summed E-state index contributed by atoms with van der Waals surface area (Å²) in [5.41, 5.74) is 1.71. The maximum Gasteiger partial charge on any atom is 0.341 e. The number of carbonyl (C=O) groups is 3. The van der Waals surface area contributed by atoms with Gasteiger partial charge < -0.3 is 15.2 Å². The smallest absolute Gasteiger partial charge is 0.341 e. The number of hydrogen-bond acceptors (Lipinski definition) is 5. The fraction of sp³-hybridized carbons (Fsp3) is 0.278. The van der Waals surface area contributed by atoms with Crippen molar-refractivity contribution in [3.05, 3.63) is 40.2 Å². The van der Waals surface area contributed by atoms with Crippen molar-refractivity contribution >= 4 is 45.8 Å². The van der Waals surface area contributed by atoms with E-state index >= 15 is 0 Å². The minimum atomic E-state index is -0.953. The monoisotopic (exact) mass is 395 g/mol. The van der Waals surface area contributed by atoms with Crippen LogP contribution < -0.4 is 5.32 Å². The largest absolute Gasteiger partial charge is 0.481 e. The number of amides is 1. The molecule has 1 amide bonds. The molecule has 0 fully saturated rings. The molecule has 1 heterocycles. The standard InChI is InChI=1S/C18H18ClNO5S/c1-2-25-18(24)16-13(11-6-8-12(19)9-7-11)10-26-17(16)20-14(21)4-3-5-15(22)23/h6-10H,2-5H2,1H3,(H,20,21)(H,22,23). The molecule has 0 aliphatic heterocycles. The number of anilines is 1. The summed E-state index contributed by atoms with van der Waals surface area (Å²) in [5.74, 6) is -1.83. The molecule has 138 valence electrons. The number of carboxylic acids is 1. The molecule has 0 radical (unpaired) electrons. The van der Waals surface area contributed by atoms with Gasteiger partial charge in [0.25, 0.3) is 0 Å². The highest BCUT2D eigenvalue weighted by Gasteiger charge is 2.22. The van der Waals surface area contributed by atoms with Crippen LogP contribution in [0, 0.1) is 0 Å². The molecule has 6 nitrogen and oxygen atoms in total. The lowest BCUT2D eigenvalue weighted by atomic mass is 10.0. The molecule has 2 aromatic rings. The predicted molar refractivity (Wildman–Crippen MR) is 101 cm³/mol. The van der Waals surface area contributed by atoms with Gasteiger partial charge in [0.15, 0.2) is 0 Å². The second-order valence-electron chi connectivity index (χ2n) is 5.38. The molecule has 2 rings (SSSR count). The number of ether oxygens (including phenoxy) is 1. The second-order valence-corrected chi connectivity index (χ2v) is 6.69. The Bertz CT molecular complexity index is 800. The topological polar surface area (TPSA) is 92.7 Å². The SMILES string of the molecule is CCOC(=O)c1c(-c2ccc(Cl)cc2)csc1NC(=O)CCCC(=O)O. The summed E-state index contributed by atoms with van der Waals surface area (Å²) in [4.78, 5) is 35.0. The fourth-order valence-corrected chi connectivity index (χ4v) is 3.39. The van der Waals surface area contributed by atoms with Crippen LogP contribution in [0.2, 0.25) is 5.02 Å². The van der Waals surface area contributed by atoms with E-state index in [1.54, 1.807) is 36.6 Å². The van der Waals surface area contributed by atoms with Crippen LogP contribution in [0.5, 0.6) is 0 Å². The number of benzene rings is 1. The van der Waals surface area contributed by atoms with Crippen molar-refractivity contribution in [2.24, 2.45) is 0 Å². The van der Waals surface area contributed by atoms with Crippen molar-refractivity contribution in [1.29, 1.82) is 0 Å². The number of carboxylic acid groups (broad SMARTS) is 1. The summed E-state index contributed by atoms with van der Waals surface area (Å²) < 4.78 is 5.12. The normalized spacial score (nSPS) is 10.4. The molecule has 0 aliphatic rings. The van der Waals surface area contributed by atoms with Crippen LogP contribution in [-0.4, -0.2) is 29.6 Å². The molecule has 2 N–H and O–H groups in total. The third-order valence-corrected chi connectivity index (χ3v) is 4.62. The average Bonchev–Trinajstić information content (AvgIpc) is 2.99.